The Bertz CT molecular complexity index is 1410. The van der Waals surface area contributed by atoms with E-state index < -0.39 is 6.04 Å². The Balaban J connectivity index is 1.46. The normalized spacial score (nSPS) is 14.7. The molecule has 0 radical (unpaired) electrons. The van der Waals surface area contributed by atoms with Crippen LogP contribution in [0.4, 0.5) is 11.6 Å². The number of carbonyl (C=O) groups is 1. The average molecular weight is 498 g/mol. The molecule has 8 heteroatoms. The fourth-order valence-electron chi connectivity index (χ4n) is 4.23. The van der Waals surface area contributed by atoms with Crippen molar-refractivity contribution >= 4 is 29.3 Å². The summed E-state index contributed by atoms with van der Waals surface area (Å²) in [4.78, 5) is 18.3. The van der Waals surface area contributed by atoms with Crippen LogP contribution in [0.25, 0.3) is 0 Å². The van der Waals surface area contributed by atoms with Gasteiger partial charge in [-0.3, -0.25) is 4.79 Å². The van der Waals surface area contributed by atoms with Crippen LogP contribution in [-0.4, -0.2) is 27.8 Å². The number of aromatic nitrogens is 3. The maximum absolute atomic E-state index is 13.6. The van der Waals surface area contributed by atoms with Gasteiger partial charge in [0.2, 0.25) is 11.1 Å². The lowest BCUT2D eigenvalue weighted by Crippen LogP contribution is -2.31. The standard InChI is InChI=1S/C28H27N5O2S/c1-18-13-15-22(16-14-18)30-26(34)24-19(2)29-27-31-28(36-17-21-11-7-8-12-23(21)35-3)32-33(27)25(24)20-9-5-4-6-10-20/h4-16,25H,17H2,1-3H3,(H,30,34)(H,29,31,32). The minimum Gasteiger partial charge on any atom is -0.496 e. The highest BCUT2D eigenvalue weighted by Crippen LogP contribution is 2.37. The van der Waals surface area contributed by atoms with Crippen molar-refractivity contribution in [1.82, 2.24) is 14.8 Å². The highest BCUT2D eigenvalue weighted by atomic mass is 32.2. The molecule has 0 fully saturated rings. The van der Waals surface area contributed by atoms with Gasteiger partial charge >= 0.3 is 0 Å². The van der Waals surface area contributed by atoms with E-state index in [-0.39, 0.29) is 5.91 Å². The lowest BCUT2D eigenvalue weighted by atomic mass is 9.95. The van der Waals surface area contributed by atoms with Crippen molar-refractivity contribution < 1.29 is 9.53 Å². The molecule has 0 saturated heterocycles. The van der Waals surface area contributed by atoms with Gasteiger partial charge in [0.25, 0.3) is 5.91 Å². The van der Waals surface area contributed by atoms with Gasteiger partial charge in [-0.25, -0.2) is 4.68 Å². The molecule has 1 amide bonds. The van der Waals surface area contributed by atoms with E-state index in [1.807, 2.05) is 92.7 Å². The number of nitrogens with one attached hydrogen (secondary N) is 2. The number of ether oxygens (including phenoxy) is 1. The van der Waals surface area contributed by atoms with Crippen LogP contribution >= 0.6 is 11.8 Å². The predicted octanol–water partition coefficient (Wildman–Crippen LogP) is 5.82. The molecule has 1 aromatic heterocycles. The summed E-state index contributed by atoms with van der Waals surface area (Å²) < 4.78 is 7.28. The van der Waals surface area contributed by atoms with Crippen molar-refractivity contribution in [3.63, 3.8) is 0 Å². The van der Waals surface area contributed by atoms with Crippen molar-refractivity contribution in [1.29, 1.82) is 0 Å². The average Bonchev–Trinajstić information content (AvgIpc) is 3.30. The second kappa shape index (κ2) is 10.3. The molecule has 1 unspecified atom stereocenters. The van der Waals surface area contributed by atoms with Gasteiger partial charge in [0.1, 0.15) is 11.8 Å². The molecule has 0 aliphatic carbocycles. The van der Waals surface area contributed by atoms with Crippen molar-refractivity contribution in [2.24, 2.45) is 0 Å². The molecule has 7 nitrogen and oxygen atoms in total. The molecule has 5 rings (SSSR count). The predicted molar refractivity (Wildman–Crippen MR) is 143 cm³/mol. The Labute approximate surface area is 214 Å². The number of rotatable bonds is 7. The quantitative estimate of drug-likeness (QED) is 0.314. The Morgan fingerprint density at radius 2 is 1.75 bits per heavy atom. The largest absolute Gasteiger partial charge is 0.496 e. The van der Waals surface area contributed by atoms with Gasteiger partial charge in [-0.1, -0.05) is 78.0 Å². The fourth-order valence-corrected chi connectivity index (χ4v) is 5.05. The maximum Gasteiger partial charge on any atom is 0.255 e. The van der Waals surface area contributed by atoms with Crippen LogP contribution in [0, 0.1) is 6.92 Å². The van der Waals surface area contributed by atoms with Crippen LogP contribution in [0.1, 0.15) is 29.7 Å². The highest BCUT2D eigenvalue weighted by Gasteiger charge is 2.34. The fraction of sp³-hybridized carbons (Fsp3) is 0.179. The number of methoxy groups -OCH3 is 1. The number of nitrogens with zero attached hydrogens (tertiary/aromatic N) is 3. The van der Waals surface area contributed by atoms with Gasteiger partial charge in [-0.2, -0.15) is 4.98 Å². The van der Waals surface area contributed by atoms with Gasteiger partial charge in [0.15, 0.2) is 0 Å². The van der Waals surface area contributed by atoms with E-state index in [4.69, 9.17) is 14.8 Å². The summed E-state index contributed by atoms with van der Waals surface area (Å²) in [5.41, 5.74) is 5.25. The number of allylic oxidation sites excluding steroid dienone is 1. The van der Waals surface area contributed by atoms with Gasteiger partial charge in [0, 0.05) is 22.7 Å². The smallest absolute Gasteiger partial charge is 0.255 e. The molecule has 1 aliphatic rings. The van der Waals surface area contributed by atoms with Crippen LogP contribution < -0.4 is 15.4 Å². The Morgan fingerprint density at radius 3 is 2.50 bits per heavy atom. The topological polar surface area (TPSA) is 81.1 Å². The van der Waals surface area contributed by atoms with Gasteiger partial charge in [-0.05, 0) is 37.6 Å². The molecule has 4 aromatic rings. The molecule has 2 N–H and O–H groups in total. The second-order valence-electron chi connectivity index (χ2n) is 8.56. The molecular formula is C28H27N5O2S. The monoisotopic (exact) mass is 497 g/mol. The summed E-state index contributed by atoms with van der Waals surface area (Å²) in [7, 11) is 1.67. The van der Waals surface area contributed by atoms with E-state index in [1.54, 1.807) is 11.8 Å². The zero-order valence-corrected chi connectivity index (χ0v) is 21.2. The maximum atomic E-state index is 13.6. The number of anilines is 2. The van der Waals surface area contributed by atoms with Gasteiger partial charge in [-0.15, -0.1) is 5.10 Å². The van der Waals surface area contributed by atoms with E-state index in [0.29, 0.717) is 22.4 Å². The molecule has 0 bridgehead atoms. The van der Waals surface area contributed by atoms with Crippen LogP contribution in [-0.2, 0) is 10.5 Å². The third kappa shape index (κ3) is 4.85. The minimum atomic E-state index is -0.416. The van der Waals surface area contributed by atoms with Gasteiger partial charge in [0.05, 0.1) is 12.7 Å². The number of hydrogen-bond donors (Lipinski definition) is 2. The Morgan fingerprint density at radius 1 is 1.03 bits per heavy atom. The zero-order valence-electron chi connectivity index (χ0n) is 20.4. The van der Waals surface area contributed by atoms with Crippen LogP contribution in [0.5, 0.6) is 5.75 Å². The summed E-state index contributed by atoms with van der Waals surface area (Å²) in [5.74, 6) is 1.93. The molecule has 0 spiro atoms. The van der Waals surface area contributed by atoms with E-state index in [1.165, 1.54) is 11.8 Å². The SMILES string of the molecule is COc1ccccc1CSc1nc2n(n1)C(c1ccccc1)C(C(=O)Nc1ccc(C)cc1)=C(C)N2. The van der Waals surface area contributed by atoms with Crippen LogP contribution in [0.2, 0.25) is 0 Å². The van der Waals surface area contributed by atoms with Crippen LogP contribution in [0.3, 0.4) is 0 Å². The minimum absolute atomic E-state index is 0.179. The molecular weight excluding hydrogens is 470 g/mol. The van der Waals surface area contributed by atoms with Crippen molar-refractivity contribution in [2.45, 2.75) is 30.8 Å². The first-order valence-corrected chi connectivity index (χ1v) is 12.6. The summed E-state index contributed by atoms with van der Waals surface area (Å²) in [6.45, 7) is 3.92. The Kier molecular flexibility index (Phi) is 6.77. The van der Waals surface area contributed by atoms with Crippen molar-refractivity contribution in [2.75, 3.05) is 17.7 Å². The number of thioether (sulfide) groups is 1. The first-order valence-electron chi connectivity index (χ1n) is 11.7. The van der Waals surface area contributed by atoms with Gasteiger partial charge < -0.3 is 15.4 Å². The molecule has 3 aromatic carbocycles. The summed E-state index contributed by atoms with van der Waals surface area (Å²) >= 11 is 1.53. The molecule has 1 atom stereocenters. The number of carbonyl (C=O) groups excluding carboxylic acids is 1. The first-order chi connectivity index (χ1) is 17.5. The van der Waals surface area contributed by atoms with E-state index in [9.17, 15) is 4.79 Å². The molecule has 1 aliphatic heterocycles. The lowest BCUT2D eigenvalue weighted by Gasteiger charge is -2.28. The van der Waals surface area contributed by atoms with E-state index in [2.05, 4.69) is 10.6 Å². The summed E-state index contributed by atoms with van der Waals surface area (Å²) in [5, 5.41) is 11.8. The van der Waals surface area contributed by atoms with E-state index >= 15 is 0 Å². The molecule has 2 heterocycles. The number of para-hydroxylation sites is 1. The number of aryl methyl sites for hydroxylation is 1. The molecule has 0 saturated carbocycles. The lowest BCUT2D eigenvalue weighted by molar-refractivity contribution is -0.113. The van der Waals surface area contributed by atoms with Crippen LogP contribution in [0.15, 0.2) is 95.3 Å². The van der Waals surface area contributed by atoms with E-state index in [0.717, 1.165) is 33.8 Å². The van der Waals surface area contributed by atoms with Crippen molar-refractivity contribution in [3.05, 3.63) is 107 Å². The number of hydrogen-bond acceptors (Lipinski definition) is 6. The number of fused-ring (bicyclic) bond motifs is 1. The molecule has 182 valence electrons. The number of benzene rings is 3. The Hall–Kier alpha value is -4.04. The third-order valence-electron chi connectivity index (χ3n) is 6.05. The highest BCUT2D eigenvalue weighted by molar-refractivity contribution is 7.98. The summed E-state index contributed by atoms with van der Waals surface area (Å²) in [6, 6.07) is 25.2. The second-order valence-corrected chi connectivity index (χ2v) is 9.50. The van der Waals surface area contributed by atoms with Crippen molar-refractivity contribution in [3.8, 4) is 5.75 Å². The summed E-state index contributed by atoms with van der Waals surface area (Å²) in [6.07, 6.45) is 0. The molecule has 36 heavy (non-hydrogen) atoms. The zero-order chi connectivity index (χ0) is 25.1. The third-order valence-corrected chi connectivity index (χ3v) is 6.94. The number of amides is 1. The first kappa shape index (κ1) is 23.7.